The molecule has 0 radical (unpaired) electrons. The SMILES string of the molecule is CCCOc1ccc(C2COc3c(c(OC)cc4c3CCC(C)(C)O4)C2)c(N=O)c1. The summed E-state index contributed by atoms with van der Waals surface area (Å²) in [5, 5.41) is 3.26. The van der Waals surface area contributed by atoms with Crippen LogP contribution in [0.2, 0.25) is 0 Å². The van der Waals surface area contributed by atoms with Crippen LogP contribution in [-0.2, 0) is 12.8 Å². The van der Waals surface area contributed by atoms with E-state index < -0.39 is 0 Å². The van der Waals surface area contributed by atoms with Crippen LogP contribution in [0.25, 0.3) is 0 Å². The van der Waals surface area contributed by atoms with Crippen LogP contribution in [0.4, 0.5) is 5.69 Å². The Labute approximate surface area is 177 Å². The molecule has 0 bridgehead atoms. The third kappa shape index (κ3) is 3.83. The summed E-state index contributed by atoms with van der Waals surface area (Å²) in [6, 6.07) is 7.52. The number of rotatable bonds is 6. The fourth-order valence-electron chi connectivity index (χ4n) is 4.30. The molecular weight excluding hydrogens is 382 g/mol. The normalized spacial score (nSPS) is 19.0. The largest absolute Gasteiger partial charge is 0.496 e. The van der Waals surface area contributed by atoms with E-state index in [9.17, 15) is 4.91 Å². The molecule has 6 heteroatoms. The standard InChI is InChI=1S/C24H29NO5/c1-5-10-28-16-6-7-17(20(12-16)25-26)15-11-19-21(27-4)13-22-18(23(19)29-14-15)8-9-24(2,3)30-22/h6-7,12-13,15H,5,8-11,14H2,1-4H3. The van der Waals surface area contributed by atoms with Crippen LogP contribution in [0.3, 0.4) is 0 Å². The van der Waals surface area contributed by atoms with Crippen LogP contribution in [0.5, 0.6) is 23.0 Å². The first-order valence-electron chi connectivity index (χ1n) is 10.6. The number of nitroso groups, excluding NO2 is 1. The second-order valence-corrected chi connectivity index (χ2v) is 8.60. The van der Waals surface area contributed by atoms with E-state index in [1.54, 1.807) is 13.2 Å². The van der Waals surface area contributed by atoms with Crippen LogP contribution in [0, 0.1) is 4.91 Å². The van der Waals surface area contributed by atoms with Crippen molar-refractivity contribution in [2.24, 2.45) is 5.18 Å². The lowest BCUT2D eigenvalue weighted by molar-refractivity contribution is 0.0821. The third-order valence-corrected chi connectivity index (χ3v) is 5.88. The zero-order valence-electron chi connectivity index (χ0n) is 18.1. The molecule has 2 aliphatic rings. The molecule has 0 N–H and O–H groups in total. The second kappa shape index (κ2) is 8.17. The van der Waals surface area contributed by atoms with Crippen molar-refractivity contribution in [1.29, 1.82) is 0 Å². The molecule has 0 amide bonds. The highest BCUT2D eigenvalue weighted by Gasteiger charge is 2.35. The van der Waals surface area contributed by atoms with Gasteiger partial charge in [-0.05, 0) is 56.3 Å². The zero-order chi connectivity index (χ0) is 21.3. The molecule has 2 heterocycles. The maximum absolute atomic E-state index is 11.5. The van der Waals surface area contributed by atoms with Gasteiger partial charge < -0.3 is 18.9 Å². The summed E-state index contributed by atoms with van der Waals surface area (Å²) in [5.74, 6) is 3.15. The molecule has 30 heavy (non-hydrogen) atoms. The first-order valence-corrected chi connectivity index (χ1v) is 10.6. The van der Waals surface area contributed by atoms with E-state index in [0.29, 0.717) is 31.1 Å². The first kappa shape index (κ1) is 20.5. The number of hydrogen-bond acceptors (Lipinski definition) is 6. The highest BCUT2D eigenvalue weighted by molar-refractivity contribution is 5.61. The lowest BCUT2D eigenvalue weighted by atomic mass is 9.85. The average molecular weight is 411 g/mol. The van der Waals surface area contributed by atoms with Crippen molar-refractivity contribution < 1.29 is 18.9 Å². The molecule has 6 nitrogen and oxygen atoms in total. The van der Waals surface area contributed by atoms with Gasteiger partial charge in [-0.1, -0.05) is 13.0 Å². The van der Waals surface area contributed by atoms with Gasteiger partial charge in [0.2, 0.25) is 0 Å². The van der Waals surface area contributed by atoms with Crippen molar-refractivity contribution in [3.8, 4) is 23.0 Å². The molecule has 0 saturated carbocycles. The molecule has 2 aromatic carbocycles. The fourth-order valence-corrected chi connectivity index (χ4v) is 4.30. The molecule has 1 atom stereocenters. The molecule has 0 spiro atoms. The van der Waals surface area contributed by atoms with Gasteiger partial charge in [0.15, 0.2) is 0 Å². The summed E-state index contributed by atoms with van der Waals surface area (Å²) in [7, 11) is 1.66. The Morgan fingerprint density at radius 3 is 2.80 bits per heavy atom. The number of benzene rings is 2. The molecule has 160 valence electrons. The van der Waals surface area contributed by atoms with Crippen molar-refractivity contribution in [2.45, 2.75) is 58.0 Å². The molecule has 0 aromatic heterocycles. The predicted octanol–water partition coefficient (Wildman–Crippen LogP) is 5.70. The monoisotopic (exact) mass is 411 g/mol. The maximum atomic E-state index is 11.5. The maximum Gasteiger partial charge on any atom is 0.133 e. The van der Waals surface area contributed by atoms with Gasteiger partial charge >= 0.3 is 0 Å². The van der Waals surface area contributed by atoms with E-state index in [2.05, 4.69) is 19.0 Å². The highest BCUT2D eigenvalue weighted by Crippen LogP contribution is 2.49. The lowest BCUT2D eigenvalue weighted by Crippen LogP contribution is -2.33. The van der Waals surface area contributed by atoms with Crippen LogP contribution >= 0.6 is 0 Å². The Kier molecular flexibility index (Phi) is 5.58. The molecule has 0 saturated heterocycles. The smallest absolute Gasteiger partial charge is 0.133 e. The van der Waals surface area contributed by atoms with E-state index in [-0.39, 0.29) is 11.5 Å². The Bertz CT molecular complexity index is 953. The number of ether oxygens (including phenoxy) is 4. The van der Waals surface area contributed by atoms with Gasteiger partial charge in [0.25, 0.3) is 0 Å². The van der Waals surface area contributed by atoms with Gasteiger partial charge in [0.1, 0.15) is 34.3 Å². The van der Waals surface area contributed by atoms with Crippen LogP contribution < -0.4 is 18.9 Å². The first-order chi connectivity index (χ1) is 14.5. The predicted molar refractivity (Wildman–Crippen MR) is 116 cm³/mol. The van der Waals surface area contributed by atoms with Gasteiger partial charge in [-0.2, -0.15) is 0 Å². The number of nitrogens with zero attached hydrogens (tertiary/aromatic N) is 1. The van der Waals surface area contributed by atoms with Crippen molar-refractivity contribution in [2.75, 3.05) is 20.3 Å². The van der Waals surface area contributed by atoms with E-state index in [0.717, 1.165) is 53.2 Å². The molecule has 0 fully saturated rings. The molecule has 4 rings (SSSR count). The van der Waals surface area contributed by atoms with Gasteiger partial charge in [-0.25, -0.2) is 0 Å². The summed E-state index contributed by atoms with van der Waals surface area (Å²) in [6.45, 7) is 7.33. The minimum atomic E-state index is -0.199. The van der Waals surface area contributed by atoms with Crippen molar-refractivity contribution in [3.05, 3.63) is 45.9 Å². The van der Waals surface area contributed by atoms with Crippen LogP contribution in [0.1, 0.15) is 56.2 Å². The van der Waals surface area contributed by atoms with Crippen molar-refractivity contribution >= 4 is 5.69 Å². The van der Waals surface area contributed by atoms with E-state index >= 15 is 0 Å². The van der Waals surface area contributed by atoms with Crippen LogP contribution in [-0.4, -0.2) is 25.9 Å². The molecule has 0 aliphatic carbocycles. The Hall–Kier alpha value is -2.76. The highest BCUT2D eigenvalue weighted by atomic mass is 16.5. The second-order valence-electron chi connectivity index (χ2n) is 8.60. The number of methoxy groups -OCH3 is 1. The zero-order valence-corrected chi connectivity index (χ0v) is 18.1. The van der Waals surface area contributed by atoms with Crippen LogP contribution in [0.15, 0.2) is 29.4 Å². The van der Waals surface area contributed by atoms with E-state index in [4.69, 9.17) is 18.9 Å². The summed E-state index contributed by atoms with van der Waals surface area (Å²) < 4.78 is 23.8. The Morgan fingerprint density at radius 2 is 2.07 bits per heavy atom. The third-order valence-electron chi connectivity index (χ3n) is 5.88. The van der Waals surface area contributed by atoms with Gasteiger partial charge in [0.05, 0.1) is 20.3 Å². The lowest BCUT2D eigenvalue weighted by Gasteiger charge is -2.36. The molecule has 2 aromatic rings. The minimum absolute atomic E-state index is 0.0123. The summed E-state index contributed by atoms with van der Waals surface area (Å²) >= 11 is 0. The average Bonchev–Trinajstić information content (AvgIpc) is 2.75. The summed E-state index contributed by atoms with van der Waals surface area (Å²) in [4.78, 5) is 11.5. The quantitative estimate of drug-likeness (QED) is 0.570. The Balaban J connectivity index is 1.66. The van der Waals surface area contributed by atoms with Gasteiger partial charge in [0, 0.05) is 29.2 Å². The Morgan fingerprint density at radius 1 is 1.23 bits per heavy atom. The van der Waals surface area contributed by atoms with Gasteiger partial charge in [-0.15, -0.1) is 4.91 Å². The molecule has 1 unspecified atom stereocenters. The number of hydrogen-bond donors (Lipinski definition) is 0. The van der Waals surface area contributed by atoms with Crippen molar-refractivity contribution in [3.63, 3.8) is 0 Å². The van der Waals surface area contributed by atoms with Gasteiger partial charge in [-0.3, -0.25) is 0 Å². The van der Waals surface area contributed by atoms with Crippen molar-refractivity contribution in [1.82, 2.24) is 0 Å². The van der Waals surface area contributed by atoms with E-state index in [1.807, 2.05) is 25.1 Å². The fraction of sp³-hybridized carbons (Fsp3) is 0.500. The topological polar surface area (TPSA) is 66.3 Å². The molecular formula is C24H29NO5. The summed E-state index contributed by atoms with van der Waals surface area (Å²) in [5.41, 5.74) is 3.22. The summed E-state index contributed by atoms with van der Waals surface area (Å²) in [6.07, 6.45) is 3.46. The van der Waals surface area contributed by atoms with E-state index in [1.165, 1.54) is 0 Å². The molecule has 2 aliphatic heterocycles. The minimum Gasteiger partial charge on any atom is -0.496 e. The number of fused-ring (bicyclic) bond motifs is 3.